The summed E-state index contributed by atoms with van der Waals surface area (Å²) >= 11 is 0. The monoisotopic (exact) mass is 235 g/mol. The summed E-state index contributed by atoms with van der Waals surface area (Å²) in [5.74, 6) is -0.183. The number of hydrogen-bond donors (Lipinski definition) is 1. The summed E-state index contributed by atoms with van der Waals surface area (Å²) in [5.41, 5.74) is 3.33. The number of carbonyl (C=O) groups is 1. The summed E-state index contributed by atoms with van der Waals surface area (Å²) in [6, 6.07) is 5.82. The highest BCUT2D eigenvalue weighted by atomic mass is 16.5. The lowest BCUT2D eigenvalue weighted by Crippen LogP contribution is -2.31. The van der Waals surface area contributed by atoms with Gasteiger partial charge in [0.25, 0.3) is 0 Å². The van der Waals surface area contributed by atoms with Gasteiger partial charge in [0.15, 0.2) is 0 Å². The van der Waals surface area contributed by atoms with Gasteiger partial charge in [0, 0.05) is 5.69 Å². The van der Waals surface area contributed by atoms with E-state index in [0.717, 1.165) is 16.8 Å². The number of carbonyl (C=O) groups excluding carboxylic acids is 1. The zero-order chi connectivity index (χ0) is 12.8. The molecular formula is C14H21NO2. The molecule has 0 aromatic heterocycles. The molecule has 1 aromatic rings. The summed E-state index contributed by atoms with van der Waals surface area (Å²) in [6.45, 7) is 8.29. The fourth-order valence-corrected chi connectivity index (χ4v) is 1.79. The van der Waals surface area contributed by atoms with Crippen molar-refractivity contribution in [2.45, 2.75) is 40.2 Å². The van der Waals surface area contributed by atoms with Crippen molar-refractivity contribution in [3.8, 4) is 0 Å². The Morgan fingerprint density at radius 1 is 1.29 bits per heavy atom. The number of rotatable bonds is 5. The molecule has 1 atom stereocenters. The van der Waals surface area contributed by atoms with Crippen molar-refractivity contribution in [2.75, 3.05) is 11.9 Å². The molecule has 1 aromatic carbocycles. The number of para-hydroxylation sites is 1. The van der Waals surface area contributed by atoms with Crippen LogP contribution in [0.15, 0.2) is 18.2 Å². The zero-order valence-electron chi connectivity index (χ0n) is 11.0. The van der Waals surface area contributed by atoms with Crippen LogP contribution in [-0.2, 0) is 9.53 Å². The average molecular weight is 235 g/mol. The van der Waals surface area contributed by atoms with Gasteiger partial charge in [-0.05, 0) is 38.3 Å². The van der Waals surface area contributed by atoms with Gasteiger partial charge in [-0.15, -0.1) is 0 Å². The van der Waals surface area contributed by atoms with E-state index in [1.165, 1.54) is 0 Å². The van der Waals surface area contributed by atoms with E-state index in [1.807, 2.05) is 45.9 Å². The Morgan fingerprint density at radius 3 is 2.35 bits per heavy atom. The smallest absolute Gasteiger partial charge is 0.328 e. The summed E-state index contributed by atoms with van der Waals surface area (Å²) in [5, 5.41) is 3.28. The molecule has 0 amide bonds. The second-order valence-electron chi connectivity index (χ2n) is 4.12. The number of esters is 1. The summed E-state index contributed by atoms with van der Waals surface area (Å²) in [6.07, 6.45) is 0.715. The molecular weight excluding hydrogens is 214 g/mol. The van der Waals surface area contributed by atoms with Crippen molar-refractivity contribution < 1.29 is 9.53 Å². The second-order valence-corrected chi connectivity index (χ2v) is 4.12. The second kappa shape index (κ2) is 6.28. The van der Waals surface area contributed by atoms with E-state index in [0.29, 0.717) is 13.0 Å². The molecule has 0 radical (unpaired) electrons. The number of benzene rings is 1. The summed E-state index contributed by atoms with van der Waals surface area (Å²) < 4.78 is 5.05. The van der Waals surface area contributed by atoms with Gasteiger partial charge in [0.2, 0.25) is 0 Å². The molecule has 0 fully saturated rings. The molecule has 1 N–H and O–H groups in total. The predicted molar refractivity (Wildman–Crippen MR) is 70.3 cm³/mol. The molecule has 0 spiro atoms. The van der Waals surface area contributed by atoms with Crippen molar-refractivity contribution in [1.29, 1.82) is 0 Å². The first-order valence-electron chi connectivity index (χ1n) is 6.09. The highest BCUT2D eigenvalue weighted by Gasteiger charge is 2.18. The minimum atomic E-state index is -0.269. The lowest BCUT2D eigenvalue weighted by atomic mass is 10.1. The highest BCUT2D eigenvalue weighted by molar-refractivity contribution is 5.80. The molecule has 94 valence electrons. The molecule has 0 saturated carbocycles. The van der Waals surface area contributed by atoms with E-state index >= 15 is 0 Å². The standard InChI is InChI=1S/C14H21NO2/c1-5-12(14(16)17-6-2)15-13-10(3)8-7-9-11(13)4/h7-9,12,15H,5-6H2,1-4H3. The molecule has 1 unspecified atom stereocenters. The number of nitrogens with one attached hydrogen (secondary N) is 1. The topological polar surface area (TPSA) is 38.3 Å². The zero-order valence-corrected chi connectivity index (χ0v) is 11.0. The van der Waals surface area contributed by atoms with Gasteiger partial charge >= 0.3 is 5.97 Å². The first-order valence-corrected chi connectivity index (χ1v) is 6.09. The van der Waals surface area contributed by atoms with Crippen molar-refractivity contribution in [2.24, 2.45) is 0 Å². The van der Waals surface area contributed by atoms with Crippen molar-refractivity contribution in [3.63, 3.8) is 0 Å². The van der Waals surface area contributed by atoms with E-state index in [-0.39, 0.29) is 12.0 Å². The third-order valence-corrected chi connectivity index (χ3v) is 2.78. The number of ether oxygens (including phenoxy) is 1. The molecule has 3 heteroatoms. The lowest BCUT2D eigenvalue weighted by Gasteiger charge is -2.19. The average Bonchev–Trinajstić information content (AvgIpc) is 2.29. The van der Waals surface area contributed by atoms with E-state index in [9.17, 15) is 4.79 Å². The Kier molecular flexibility index (Phi) is 5.01. The number of aryl methyl sites for hydroxylation is 2. The number of hydrogen-bond acceptors (Lipinski definition) is 3. The Hall–Kier alpha value is -1.51. The van der Waals surface area contributed by atoms with Gasteiger partial charge in [0.1, 0.15) is 6.04 Å². The van der Waals surface area contributed by atoms with Crippen molar-refractivity contribution >= 4 is 11.7 Å². The molecule has 17 heavy (non-hydrogen) atoms. The third kappa shape index (κ3) is 3.48. The summed E-state index contributed by atoms with van der Waals surface area (Å²) in [7, 11) is 0. The van der Waals surface area contributed by atoms with Crippen LogP contribution in [0.5, 0.6) is 0 Å². The van der Waals surface area contributed by atoms with E-state index in [1.54, 1.807) is 0 Å². The van der Waals surface area contributed by atoms with E-state index in [2.05, 4.69) is 5.32 Å². The Labute approximate surface area is 103 Å². The Balaban J connectivity index is 2.84. The van der Waals surface area contributed by atoms with Crippen LogP contribution in [-0.4, -0.2) is 18.6 Å². The minimum Gasteiger partial charge on any atom is -0.464 e. The van der Waals surface area contributed by atoms with Crippen molar-refractivity contribution in [3.05, 3.63) is 29.3 Å². The van der Waals surface area contributed by atoms with Gasteiger partial charge in [0.05, 0.1) is 6.61 Å². The maximum atomic E-state index is 11.7. The van der Waals surface area contributed by atoms with Crippen LogP contribution < -0.4 is 5.32 Å². The van der Waals surface area contributed by atoms with Gasteiger partial charge in [-0.3, -0.25) is 0 Å². The quantitative estimate of drug-likeness (QED) is 0.797. The molecule has 1 rings (SSSR count). The largest absolute Gasteiger partial charge is 0.464 e. The first kappa shape index (κ1) is 13.6. The van der Waals surface area contributed by atoms with Gasteiger partial charge in [-0.2, -0.15) is 0 Å². The van der Waals surface area contributed by atoms with E-state index < -0.39 is 0 Å². The molecule has 0 aliphatic heterocycles. The van der Waals surface area contributed by atoms with E-state index in [4.69, 9.17) is 4.74 Å². The van der Waals surface area contributed by atoms with Crippen LogP contribution in [0.3, 0.4) is 0 Å². The molecule has 0 aliphatic carbocycles. The molecule has 3 nitrogen and oxygen atoms in total. The highest BCUT2D eigenvalue weighted by Crippen LogP contribution is 2.21. The Morgan fingerprint density at radius 2 is 1.88 bits per heavy atom. The minimum absolute atomic E-state index is 0.183. The van der Waals surface area contributed by atoms with Crippen LogP contribution in [0.2, 0.25) is 0 Å². The van der Waals surface area contributed by atoms with Crippen molar-refractivity contribution in [1.82, 2.24) is 0 Å². The van der Waals surface area contributed by atoms with Crippen LogP contribution in [0.25, 0.3) is 0 Å². The predicted octanol–water partition coefficient (Wildman–Crippen LogP) is 3.06. The van der Waals surface area contributed by atoms with Crippen LogP contribution in [0, 0.1) is 13.8 Å². The Bertz CT molecular complexity index is 368. The fourth-order valence-electron chi connectivity index (χ4n) is 1.79. The fraction of sp³-hybridized carbons (Fsp3) is 0.500. The normalized spacial score (nSPS) is 12.0. The molecule has 0 heterocycles. The van der Waals surface area contributed by atoms with Crippen LogP contribution in [0.4, 0.5) is 5.69 Å². The van der Waals surface area contributed by atoms with Gasteiger partial charge in [-0.25, -0.2) is 4.79 Å². The van der Waals surface area contributed by atoms with Crippen LogP contribution in [0.1, 0.15) is 31.4 Å². The first-order chi connectivity index (χ1) is 8.10. The van der Waals surface area contributed by atoms with Crippen LogP contribution >= 0.6 is 0 Å². The van der Waals surface area contributed by atoms with Gasteiger partial charge < -0.3 is 10.1 Å². The summed E-state index contributed by atoms with van der Waals surface area (Å²) in [4.78, 5) is 11.7. The molecule has 0 bridgehead atoms. The maximum absolute atomic E-state index is 11.7. The lowest BCUT2D eigenvalue weighted by molar-refractivity contribution is -0.144. The molecule has 0 saturated heterocycles. The molecule has 0 aliphatic rings. The van der Waals surface area contributed by atoms with Gasteiger partial charge in [-0.1, -0.05) is 25.1 Å². The SMILES string of the molecule is CCOC(=O)C(CC)Nc1c(C)cccc1C. The number of anilines is 1. The maximum Gasteiger partial charge on any atom is 0.328 e. The third-order valence-electron chi connectivity index (χ3n) is 2.78.